The van der Waals surface area contributed by atoms with Crippen LogP contribution in [-0.4, -0.2) is 19.1 Å². The van der Waals surface area contributed by atoms with Crippen LogP contribution in [0.15, 0.2) is 24.3 Å². The highest BCUT2D eigenvalue weighted by Crippen LogP contribution is 2.32. The molecule has 0 aromatic heterocycles. The lowest BCUT2D eigenvalue weighted by molar-refractivity contribution is 0.280. The topological polar surface area (TPSA) is 29.3 Å². The van der Waals surface area contributed by atoms with Crippen LogP contribution >= 0.6 is 0 Å². The average Bonchev–Trinajstić information content (AvgIpc) is 2.30. The third kappa shape index (κ3) is 3.49. The van der Waals surface area contributed by atoms with E-state index in [9.17, 15) is 0 Å². The maximum absolute atomic E-state index is 5.82. The van der Waals surface area contributed by atoms with E-state index < -0.39 is 0 Å². The van der Waals surface area contributed by atoms with Gasteiger partial charge in [0.15, 0.2) is 0 Å². The van der Waals surface area contributed by atoms with Crippen LogP contribution in [-0.2, 0) is 6.42 Å². The van der Waals surface area contributed by atoms with Crippen molar-refractivity contribution < 1.29 is 0 Å². The normalized spacial score (nSPS) is 20.8. The Bertz CT molecular complexity index is 369. The van der Waals surface area contributed by atoms with E-state index >= 15 is 0 Å². The molecule has 0 aliphatic carbocycles. The van der Waals surface area contributed by atoms with E-state index in [0.717, 1.165) is 6.42 Å². The molecular formula is C16H26N2. The molecule has 18 heavy (non-hydrogen) atoms. The van der Waals surface area contributed by atoms with Crippen molar-refractivity contribution >= 4 is 5.69 Å². The summed E-state index contributed by atoms with van der Waals surface area (Å²) in [7, 11) is 0. The lowest BCUT2D eigenvalue weighted by atomic mass is 9.82. The molecule has 100 valence electrons. The monoisotopic (exact) mass is 246 g/mol. The van der Waals surface area contributed by atoms with Crippen molar-refractivity contribution in [2.75, 3.05) is 18.0 Å². The second-order valence-electron chi connectivity index (χ2n) is 6.50. The van der Waals surface area contributed by atoms with Crippen LogP contribution in [0.1, 0.15) is 39.2 Å². The van der Waals surface area contributed by atoms with Crippen LogP contribution < -0.4 is 10.6 Å². The zero-order valence-electron chi connectivity index (χ0n) is 11.9. The Morgan fingerprint density at radius 3 is 2.22 bits per heavy atom. The number of nitrogens with two attached hydrogens (primary N) is 1. The molecule has 2 N–H and O–H groups in total. The van der Waals surface area contributed by atoms with Crippen LogP contribution in [0.4, 0.5) is 5.69 Å². The fourth-order valence-corrected chi connectivity index (χ4v) is 2.58. The summed E-state index contributed by atoms with van der Waals surface area (Å²) >= 11 is 0. The molecule has 1 aliphatic rings. The van der Waals surface area contributed by atoms with Crippen molar-refractivity contribution in [3.63, 3.8) is 0 Å². The number of hydrogen-bond acceptors (Lipinski definition) is 2. The lowest BCUT2D eigenvalue weighted by Crippen LogP contribution is -2.37. The van der Waals surface area contributed by atoms with E-state index in [2.05, 4.69) is 49.9 Å². The highest BCUT2D eigenvalue weighted by molar-refractivity contribution is 5.48. The first kappa shape index (κ1) is 13.4. The largest absolute Gasteiger partial charge is 0.371 e. The zero-order chi connectivity index (χ0) is 13.2. The Hall–Kier alpha value is -1.02. The van der Waals surface area contributed by atoms with Crippen molar-refractivity contribution in [3.8, 4) is 0 Å². The second kappa shape index (κ2) is 5.31. The van der Waals surface area contributed by atoms with Gasteiger partial charge < -0.3 is 10.6 Å². The van der Waals surface area contributed by atoms with E-state index in [1.807, 2.05) is 0 Å². The Balaban J connectivity index is 1.98. The van der Waals surface area contributed by atoms with Crippen molar-refractivity contribution in [3.05, 3.63) is 29.8 Å². The summed E-state index contributed by atoms with van der Waals surface area (Å²) < 4.78 is 0. The van der Waals surface area contributed by atoms with Crippen molar-refractivity contribution in [1.29, 1.82) is 0 Å². The fraction of sp³-hybridized carbons (Fsp3) is 0.625. The molecule has 2 heteroatoms. The molecule has 1 unspecified atom stereocenters. The molecule has 2 rings (SSSR count). The van der Waals surface area contributed by atoms with Crippen LogP contribution in [0.2, 0.25) is 0 Å². The van der Waals surface area contributed by atoms with Crippen molar-refractivity contribution in [1.82, 2.24) is 0 Å². The van der Waals surface area contributed by atoms with Gasteiger partial charge in [0.05, 0.1) is 0 Å². The Kier molecular flexibility index (Phi) is 3.96. The molecular weight excluding hydrogens is 220 g/mol. The molecule has 1 saturated heterocycles. The Morgan fingerprint density at radius 2 is 1.72 bits per heavy atom. The van der Waals surface area contributed by atoms with Gasteiger partial charge in [0.1, 0.15) is 0 Å². The molecule has 1 heterocycles. The van der Waals surface area contributed by atoms with Crippen LogP contribution in [0.25, 0.3) is 0 Å². The lowest BCUT2D eigenvalue weighted by Gasteiger charge is -2.38. The van der Waals surface area contributed by atoms with Crippen LogP contribution in [0.3, 0.4) is 0 Å². The Morgan fingerprint density at radius 1 is 1.17 bits per heavy atom. The number of hydrogen-bond donors (Lipinski definition) is 1. The second-order valence-corrected chi connectivity index (χ2v) is 6.50. The molecule has 0 bridgehead atoms. The summed E-state index contributed by atoms with van der Waals surface area (Å²) in [6, 6.07) is 9.18. The predicted octanol–water partition coefficient (Wildman–Crippen LogP) is 3.20. The standard InChI is InChI=1S/C16H26N2/c1-13(17)12-14-4-6-15(7-5-14)18-10-8-16(2,3)9-11-18/h4-7,13H,8-12,17H2,1-3H3. The number of nitrogens with zero attached hydrogens (tertiary/aromatic N) is 1. The van der Waals surface area contributed by atoms with Gasteiger partial charge in [-0.15, -0.1) is 0 Å². The highest BCUT2D eigenvalue weighted by Gasteiger charge is 2.25. The van der Waals surface area contributed by atoms with Gasteiger partial charge >= 0.3 is 0 Å². The summed E-state index contributed by atoms with van der Waals surface area (Å²) in [6.45, 7) is 9.16. The summed E-state index contributed by atoms with van der Waals surface area (Å²) in [5.41, 5.74) is 9.04. The van der Waals surface area contributed by atoms with Crippen LogP contribution in [0, 0.1) is 5.41 Å². The van der Waals surface area contributed by atoms with Gasteiger partial charge in [-0.05, 0) is 49.3 Å². The average molecular weight is 246 g/mol. The molecule has 0 radical (unpaired) electrons. The van der Waals surface area contributed by atoms with E-state index in [-0.39, 0.29) is 6.04 Å². The molecule has 1 atom stereocenters. The quantitative estimate of drug-likeness (QED) is 0.887. The number of piperidine rings is 1. The Labute approximate surface area is 111 Å². The molecule has 0 amide bonds. The first-order valence-corrected chi connectivity index (χ1v) is 7.06. The molecule has 1 aliphatic heterocycles. The first-order chi connectivity index (χ1) is 8.46. The third-order valence-corrected chi connectivity index (χ3v) is 3.98. The zero-order valence-corrected chi connectivity index (χ0v) is 11.9. The van der Waals surface area contributed by atoms with E-state index in [0.29, 0.717) is 5.41 Å². The molecule has 1 fully saturated rings. The molecule has 0 saturated carbocycles. The molecule has 0 spiro atoms. The predicted molar refractivity (Wildman–Crippen MR) is 79.0 cm³/mol. The van der Waals surface area contributed by atoms with Gasteiger partial charge in [-0.3, -0.25) is 0 Å². The maximum atomic E-state index is 5.82. The molecule has 1 aromatic rings. The smallest absolute Gasteiger partial charge is 0.0366 e. The highest BCUT2D eigenvalue weighted by atomic mass is 15.1. The SMILES string of the molecule is CC(N)Cc1ccc(N2CCC(C)(C)CC2)cc1. The van der Waals surface area contributed by atoms with Gasteiger partial charge in [0.25, 0.3) is 0 Å². The van der Waals surface area contributed by atoms with Gasteiger partial charge in [0, 0.05) is 24.8 Å². The van der Waals surface area contributed by atoms with Gasteiger partial charge in [-0.25, -0.2) is 0 Å². The van der Waals surface area contributed by atoms with Gasteiger partial charge in [-0.2, -0.15) is 0 Å². The summed E-state index contributed by atoms with van der Waals surface area (Å²) in [6.07, 6.45) is 3.54. The van der Waals surface area contributed by atoms with E-state index in [4.69, 9.17) is 5.73 Å². The summed E-state index contributed by atoms with van der Waals surface area (Å²) in [5.74, 6) is 0. The minimum absolute atomic E-state index is 0.242. The van der Waals surface area contributed by atoms with Crippen molar-refractivity contribution in [2.24, 2.45) is 11.1 Å². The number of rotatable bonds is 3. The number of benzene rings is 1. The first-order valence-electron chi connectivity index (χ1n) is 7.06. The third-order valence-electron chi connectivity index (χ3n) is 3.98. The molecule has 2 nitrogen and oxygen atoms in total. The maximum Gasteiger partial charge on any atom is 0.0366 e. The van der Waals surface area contributed by atoms with Gasteiger partial charge in [-0.1, -0.05) is 26.0 Å². The minimum atomic E-state index is 0.242. The summed E-state index contributed by atoms with van der Waals surface area (Å²) in [5, 5.41) is 0. The molecule has 1 aromatic carbocycles. The van der Waals surface area contributed by atoms with E-state index in [1.54, 1.807) is 0 Å². The summed E-state index contributed by atoms with van der Waals surface area (Å²) in [4.78, 5) is 2.50. The number of anilines is 1. The minimum Gasteiger partial charge on any atom is -0.371 e. The van der Waals surface area contributed by atoms with Crippen molar-refractivity contribution in [2.45, 2.75) is 46.1 Å². The van der Waals surface area contributed by atoms with E-state index in [1.165, 1.54) is 37.2 Å². The van der Waals surface area contributed by atoms with Crippen LogP contribution in [0.5, 0.6) is 0 Å². The fourth-order valence-electron chi connectivity index (χ4n) is 2.58. The van der Waals surface area contributed by atoms with Gasteiger partial charge in [0.2, 0.25) is 0 Å².